The van der Waals surface area contributed by atoms with Crippen LogP contribution in [0.2, 0.25) is 0 Å². The molecule has 1 atom stereocenters. The zero-order valence-corrected chi connectivity index (χ0v) is 15.3. The maximum absolute atomic E-state index is 13.0. The summed E-state index contributed by atoms with van der Waals surface area (Å²) in [6, 6.07) is 5.83. The summed E-state index contributed by atoms with van der Waals surface area (Å²) in [7, 11) is 0. The normalized spacial score (nSPS) is 16.3. The van der Waals surface area contributed by atoms with Gasteiger partial charge in [-0.2, -0.15) is 5.10 Å². The number of amides is 1. The molecule has 1 aliphatic rings. The Balaban J connectivity index is 1.58. The molecule has 0 saturated carbocycles. The van der Waals surface area contributed by atoms with E-state index < -0.39 is 11.0 Å². The number of carbonyl (C=O) groups is 1. The van der Waals surface area contributed by atoms with Crippen molar-refractivity contribution in [1.82, 2.24) is 19.6 Å². The lowest BCUT2D eigenvalue weighted by Gasteiger charge is -2.36. The van der Waals surface area contributed by atoms with E-state index in [9.17, 15) is 19.3 Å². The van der Waals surface area contributed by atoms with Gasteiger partial charge in [-0.3, -0.25) is 24.5 Å². The second-order valence-electron chi connectivity index (χ2n) is 6.72. The van der Waals surface area contributed by atoms with E-state index in [1.54, 1.807) is 30.9 Å². The highest BCUT2D eigenvalue weighted by Crippen LogP contribution is 2.21. The molecule has 1 aromatic heterocycles. The van der Waals surface area contributed by atoms with E-state index in [4.69, 9.17) is 0 Å². The first kappa shape index (κ1) is 19.0. The lowest BCUT2D eigenvalue weighted by molar-refractivity contribution is -0.385. The molecule has 144 valence electrons. The Bertz CT molecular complexity index is 828. The lowest BCUT2D eigenvalue weighted by atomic mass is 10.2. The fourth-order valence-electron chi connectivity index (χ4n) is 3.33. The minimum absolute atomic E-state index is 0.0845. The Labute approximate surface area is 156 Å². The van der Waals surface area contributed by atoms with Gasteiger partial charge in [-0.25, -0.2) is 4.39 Å². The third-order valence-corrected chi connectivity index (χ3v) is 4.94. The van der Waals surface area contributed by atoms with E-state index in [1.807, 2.05) is 0 Å². The van der Waals surface area contributed by atoms with Crippen molar-refractivity contribution in [3.05, 3.63) is 57.7 Å². The largest absolute Gasteiger partial charge is 0.338 e. The van der Waals surface area contributed by atoms with Crippen LogP contribution in [0.3, 0.4) is 0 Å². The van der Waals surface area contributed by atoms with E-state index in [0.717, 1.165) is 5.56 Å². The standard InChI is InChI=1S/C18H22FN5O3/c1-13-17(24(26)27)11-20-23(13)14(2)18(25)22-9-7-21(8-10-22)12-15-3-5-16(19)6-4-15/h3-6,11,14H,7-10,12H2,1-2H3. The van der Waals surface area contributed by atoms with Gasteiger partial charge in [-0.1, -0.05) is 12.1 Å². The predicted molar refractivity (Wildman–Crippen MR) is 96.6 cm³/mol. The fraction of sp³-hybridized carbons (Fsp3) is 0.444. The predicted octanol–water partition coefficient (Wildman–Crippen LogP) is 2.14. The van der Waals surface area contributed by atoms with Gasteiger partial charge in [0.25, 0.3) is 0 Å². The van der Waals surface area contributed by atoms with Gasteiger partial charge in [-0.05, 0) is 31.5 Å². The number of benzene rings is 1. The van der Waals surface area contributed by atoms with Gasteiger partial charge in [0.2, 0.25) is 5.91 Å². The van der Waals surface area contributed by atoms with Crippen LogP contribution in [0.1, 0.15) is 24.2 Å². The molecular formula is C18H22FN5O3. The highest BCUT2D eigenvalue weighted by atomic mass is 19.1. The SMILES string of the molecule is Cc1c([N+](=O)[O-])cnn1C(C)C(=O)N1CCN(Cc2ccc(F)cc2)CC1. The molecule has 1 unspecified atom stereocenters. The molecule has 1 aliphatic heterocycles. The van der Waals surface area contributed by atoms with Crippen molar-refractivity contribution in [2.45, 2.75) is 26.4 Å². The summed E-state index contributed by atoms with van der Waals surface area (Å²) in [5.41, 5.74) is 1.32. The first-order valence-electron chi connectivity index (χ1n) is 8.81. The van der Waals surface area contributed by atoms with Gasteiger partial charge < -0.3 is 4.90 Å². The van der Waals surface area contributed by atoms with Gasteiger partial charge in [0.05, 0.1) is 4.92 Å². The average Bonchev–Trinajstić information content (AvgIpc) is 3.05. The first-order valence-corrected chi connectivity index (χ1v) is 8.81. The summed E-state index contributed by atoms with van der Waals surface area (Å²) < 4.78 is 14.4. The molecule has 0 spiro atoms. The molecule has 0 radical (unpaired) electrons. The molecule has 1 amide bonds. The van der Waals surface area contributed by atoms with Crippen LogP contribution in [0.4, 0.5) is 10.1 Å². The molecule has 1 aromatic carbocycles. The fourth-order valence-corrected chi connectivity index (χ4v) is 3.33. The third-order valence-electron chi connectivity index (χ3n) is 4.94. The molecule has 2 heterocycles. The molecule has 1 saturated heterocycles. The zero-order chi connectivity index (χ0) is 19.6. The molecule has 1 fully saturated rings. The van der Waals surface area contributed by atoms with Crippen LogP contribution in [0.25, 0.3) is 0 Å². The summed E-state index contributed by atoms with van der Waals surface area (Å²) in [5, 5.41) is 15.0. The molecule has 27 heavy (non-hydrogen) atoms. The van der Waals surface area contributed by atoms with E-state index in [1.165, 1.54) is 23.0 Å². The van der Waals surface area contributed by atoms with Crippen molar-refractivity contribution in [3.8, 4) is 0 Å². The van der Waals surface area contributed by atoms with Crippen LogP contribution >= 0.6 is 0 Å². The summed E-state index contributed by atoms with van der Waals surface area (Å²) in [5.74, 6) is -0.352. The van der Waals surface area contributed by atoms with Crippen molar-refractivity contribution in [1.29, 1.82) is 0 Å². The number of nitro groups is 1. The van der Waals surface area contributed by atoms with E-state index in [0.29, 0.717) is 38.4 Å². The first-order chi connectivity index (χ1) is 12.9. The topological polar surface area (TPSA) is 84.5 Å². The number of rotatable bonds is 5. The summed E-state index contributed by atoms with van der Waals surface area (Å²) in [6.45, 7) is 6.59. The Hall–Kier alpha value is -2.81. The van der Waals surface area contributed by atoms with E-state index >= 15 is 0 Å². The van der Waals surface area contributed by atoms with Gasteiger partial charge in [0, 0.05) is 32.7 Å². The third kappa shape index (κ3) is 4.13. The van der Waals surface area contributed by atoms with Gasteiger partial charge >= 0.3 is 5.69 Å². The number of hydrogen-bond donors (Lipinski definition) is 0. The van der Waals surface area contributed by atoms with Gasteiger partial charge in [0.15, 0.2) is 0 Å². The number of piperazine rings is 1. The van der Waals surface area contributed by atoms with Crippen LogP contribution in [-0.4, -0.2) is 56.6 Å². The van der Waals surface area contributed by atoms with Crippen LogP contribution in [-0.2, 0) is 11.3 Å². The number of aromatic nitrogens is 2. The number of carbonyl (C=O) groups excluding carboxylic acids is 1. The molecule has 9 heteroatoms. The van der Waals surface area contributed by atoms with Crippen LogP contribution in [0.5, 0.6) is 0 Å². The second-order valence-corrected chi connectivity index (χ2v) is 6.72. The molecular weight excluding hydrogens is 353 g/mol. The van der Waals surface area contributed by atoms with Crippen LogP contribution < -0.4 is 0 Å². The Kier molecular flexibility index (Phi) is 5.50. The lowest BCUT2D eigenvalue weighted by Crippen LogP contribution is -2.50. The van der Waals surface area contributed by atoms with Crippen molar-refractivity contribution < 1.29 is 14.1 Å². The highest BCUT2D eigenvalue weighted by Gasteiger charge is 2.29. The summed E-state index contributed by atoms with van der Waals surface area (Å²) >= 11 is 0. The van der Waals surface area contributed by atoms with Gasteiger partial charge in [0.1, 0.15) is 23.7 Å². The maximum atomic E-state index is 13.0. The summed E-state index contributed by atoms with van der Waals surface area (Å²) in [6.07, 6.45) is 1.18. The minimum Gasteiger partial charge on any atom is -0.338 e. The number of nitrogens with zero attached hydrogens (tertiary/aromatic N) is 5. The molecule has 0 bridgehead atoms. The zero-order valence-electron chi connectivity index (χ0n) is 15.3. The van der Waals surface area contributed by atoms with Crippen LogP contribution in [0.15, 0.2) is 30.5 Å². The summed E-state index contributed by atoms with van der Waals surface area (Å²) in [4.78, 5) is 27.2. The second kappa shape index (κ2) is 7.83. The van der Waals surface area contributed by atoms with Crippen molar-refractivity contribution in [2.24, 2.45) is 0 Å². The van der Waals surface area contributed by atoms with Crippen LogP contribution in [0, 0.1) is 22.9 Å². The molecule has 0 N–H and O–H groups in total. The Morgan fingerprint density at radius 2 is 1.89 bits per heavy atom. The average molecular weight is 375 g/mol. The molecule has 3 rings (SSSR count). The monoisotopic (exact) mass is 375 g/mol. The van der Waals surface area contributed by atoms with Crippen molar-refractivity contribution in [2.75, 3.05) is 26.2 Å². The van der Waals surface area contributed by atoms with Gasteiger partial charge in [-0.15, -0.1) is 0 Å². The van der Waals surface area contributed by atoms with E-state index in [2.05, 4.69) is 10.00 Å². The number of hydrogen-bond acceptors (Lipinski definition) is 5. The Morgan fingerprint density at radius 1 is 1.26 bits per heavy atom. The van der Waals surface area contributed by atoms with Crippen molar-refractivity contribution in [3.63, 3.8) is 0 Å². The maximum Gasteiger partial charge on any atom is 0.309 e. The smallest absolute Gasteiger partial charge is 0.309 e. The highest BCUT2D eigenvalue weighted by molar-refractivity contribution is 5.80. The minimum atomic E-state index is -0.595. The molecule has 8 nitrogen and oxygen atoms in total. The Morgan fingerprint density at radius 3 is 2.44 bits per heavy atom. The van der Waals surface area contributed by atoms with Crippen molar-refractivity contribution >= 4 is 11.6 Å². The number of halogens is 1. The molecule has 2 aromatic rings. The molecule has 0 aliphatic carbocycles. The quantitative estimate of drug-likeness (QED) is 0.591. The van der Waals surface area contributed by atoms with E-state index in [-0.39, 0.29) is 17.4 Å².